The molecule has 30 heavy (non-hydrogen) atoms. The Morgan fingerprint density at radius 1 is 1.13 bits per heavy atom. The third kappa shape index (κ3) is 7.67. The zero-order chi connectivity index (χ0) is 21.2. The van der Waals surface area contributed by atoms with Gasteiger partial charge in [0, 0.05) is 36.8 Å². The summed E-state index contributed by atoms with van der Waals surface area (Å²) >= 11 is 2.02. The van der Waals surface area contributed by atoms with E-state index in [1.807, 2.05) is 43.1 Å². The minimum atomic E-state index is 0.0356. The van der Waals surface area contributed by atoms with Crippen LogP contribution >= 0.6 is 11.8 Å². The van der Waals surface area contributed by atoms with Gasteiger partial charge in [0.25, 0.3) is 0 Å². The molecule has 3 rings (SSSR count). The highest BCUT2D eigenvalue weighted by atomic mass is 32.2. The van der Waals surface area contributed by atoms with E-state index in [9.17, 15) is 4.79 Å². The Kier molecular flexibility index (Phi) is 9.05. The summed E-state index contributed by atoms with van der Waals surface area (Å²) in [7, 11) is 3.68. The zero-order valence-electron chi connectivity index (χ0n) is 18.1. The van der Waals surface area contributed by atoms with Crippen LogP contribution in [0.1, 0.15) is 17.5 Å². The summed E-state index contributed by atoms with van der Waals surface area (Å²) in [6, 6.07) is 16.4. The lowest BCUT2D eigenvalue weighted by atomic mass is 10.1. The molecule has 0 spiro atoms. The number of nitrogens with one attached hydrogen (secondary N) is 1. The Morgan fingerprint density at radius 3 is 2.63 bits per heavy atom. The van der Waals surface area contributed by atoms with Crippen LogP contribution in [0.2, 0.25) is 0 Å². The van der Waals surface area contributed by atoms with Crippen LogP contribution < -0.4 is 10.1 Å². The average molecular weight is 428 g/mol. The molecule has 162 valence electrons. The first-order valence-corrected chi connectivity index (χ1v) is 11.8. The molecule has 0 aromatic heterocycles. The van der Waals surface area contributed by atoms with E-state index in [1.165, 1.54) is 22.6 Å². The van der Waals surface area contributed by atoms with Crippen molar-refractivity contribution in [3.8, 4) is 5.75 Å². The number of carbonyl (C=O) groups excluding carboxylic acids is 1. The number of likely N-dealkylation sites (N-methyl/N-ethyl adjacent to an activating group) is 1. The summed E-state index contributed by atoms with van der Waals surface area (Å²) in [6.45, 7) is 4.52. The Morgan fingerprint density at radius 2 is 1.90 bits per heavy atom. The summed E-state index contributed by atoms with van der Waals surface area (Å²) in [6.07, 6.45) is 2.01. The minimum Gasteiger partial charge on any atom is -0.497 e. The number of anilines is 1. The smallest absolute Gasteiger partial charge is 0.238 e. The van der Waals surface area contributed by atoms with Crippen molar-refractivity contribution in [1.29, 1.82) is 0 Å². The predicted molar refractivity (Wildman–Crippen MR) is 126 cm³/mol. The largest absolute Gasteiger partial charge is 0.497 e. The maximum atomic E-state index is 12.4. The van der Waals surface area contributed by atoms with E-state index in [4.69, 9.17) is 4.74 Å². The second-order valence-corrected chi connectivity index (χ2v) is 9.05. The third-order valence-corrected chi connectivity index (χ3v) is 6.24. The first-order chi connectivity index (χ1) is 14.6. The van der Waals surface area contributed by atoms with E-state index in [1.54, 1.807) is 7.11 Å². The van der Waals surface area contributed by atoms with E-state index in [0.29, 0.717) is 6.54 Å². The minimum absolute atomic E-state index is 0.0356. The van der Waals surface area contributed by atoms with E-state index >= 15 is 0 Å². The van der Waals surface area contributed by atoms with Crippen LogP contribution in [0.3, 0.4) is 0 Å². The number of rotatable bonds is 10. The number of carbonyl (C=O) groups is 1. The molecule has 2 aromatic rings. The highest BCUT2D eigenvalue weighted by Gasteiger charge is 2.12. The fraction of sp³-hybridized carbons (Fsp3) is 0.458. The molecule has 1 heterocycles. The first kappa shape index (κ1) is 22.7. The summed E-state index contributed by atoms with van der Waals surface area (Å²) < 4.78 is 5.19. The van der Waals surface area contributed by atoms with Crippen LogP contribution in [0, 0.1) is 0 Å². The van der Waals surface area contributed by atoms with Crippen LogP contribution in [0.4, 0.5) is 5.69 Å². The van der Waals surface area contributed by atoms with Gasteiger partial charge in [-0.3, -0.25) is 14.6 Å². The van der Waals surface area contributed by atoms with Crippen molar-refractivity contribution >= 4 is 23.4 Å². The molecule has 0 atom stereocenters. The monoisotopic (exact) mass is 427 g/mol. The van der Waals surface area contributed by atoms with Gasteiger partial charge in [0.05, 0.1) is 13.7 Å². The van der Waals surface area contributed by atoms with Crippen LogP contribution in [0.5, 0.6) is 5.75 Å². The van der Waals surface area contributed by atoms with E-state index in [-0.39, 0.29) is 5.91 Å². The molecule has 1 aliphatic heterocycles. The second kappa shape index (κ2) is 12.0. The number of aryl methyl sites for hydroxylation is 1. The van der Waals surface area contributed by atoms with Gasteiger partial charge in [-0.2, -0.15) is 11.8 Å². The maximum Gasteiger partial charge on any atom is 0.238 e. The average Bonchev–Trinajstić information content (AvgIpc) is 2.75. The quantitative estimate of drug-likeness (QED) is 0.626. The van der Waals surface area contributed by atoms with Crippen molar-refractivity contribution in [2.24, 2.45) is 0 Å². The number of amides is 1. The molecular formula is C24H33N3O2S. The lowest BCUT2D eigenvalue weighted by Crippen LogP contribution is -2.32. The highest BCUT2D eigenvalue weighted by molar-refractivity contribution is 7.99. The van der Waals surface area contributed by atoms with Crippen molar-refractivity contribution in [3.05, 3.63) is 59.7 Å². The van der Waals surface area contributed by atoms with Gasteiger partial charge < -0.3 is 10.1 Å². The number of nitrogens with zero attached hydrogens (tertiary/aromatic N) is 2. The Labute approximate surface area is 184 Å². The van der Waals surface area contributed by atoms with Gasteiger partial charge in [0.2, 0.25) is 5.91 Å². The van der Waals surface area contributed by atoms with E-state index in [0.717, 1.165) is 50.5 Å². The fourth-order valence-corrected chi connectivity index (χ4v) is 4.61. The van der Waals surface area contributed by atoms with Gasteiger partial charge in [0.1, 0.15) is 5.75 Å². The predicted octanol–water partition coefficient (Wildman–Crippen LogP) is 3.75. The standard InChI is InChI=1S/C24H33N3O2S/c1-26(12-4-6-20-8-10-23(29-2)11-9-20)19-24(28)25-22-7-3-5-21(17-22)18-27-13-15-30-16-14-27/h3,5,7-11,17H,4,6,12-16,18-19H2,1-2H3,(H,25,28). The molecule has 0 bridgehead atoms. The van der Waals surface area contributed by atoms with Crippen molar-refractivity contribution in [3.63, 3.8) is 0 Å². The molecular weight excluding hydrogens is 394 g/mol. The molecule has 0 aliphatic carbocycles. The normalized spacial score (nSPS) is 14.6. The third-order valence-electron chi connectivity index (χ3n) is 5.30. The molecule has 1 aliphatic rings. The van der Waals surface area contributed by atoms with Crippen molar-refractivity contribution in [1.82, 2.24) is 9.80 Å². The molecule has 1 N–H and O–H groups in total. The van der Waals surface area contributed by atoms with Gasteiger partial charge in [-0.1, -0.05) is 24.3 Å². The van der Waals surface area contributed by atoms with E-state index < -0.39 is 0 Å². The topological polar surface area (TPSA) is 44.8 Å². The lowest BCUT2D eigenvalue weighted by molar-refractivity contribution is -0.117. The number of thioether (sulfide) groups is 1. The summed E-state index contributed by atoms with van der Waals surface area (Å²) in [5, 5.41) is 3.05. The van der Waals surface area contributed by atoms with Gasteiger partial charge in [-0.25, -0.2) is 0 Å². The van der Waals surface area contributed by atoms with Crippen molar-refractivity contribution < 1.29 is 9.53 Å². The van der Waals surface area contributed by atoms with Crippen molar-refractivity contribution in [2.45, 2.75) is 19.4 Å². The molecule has 5 nitrogen and oxygen atoms in total. The van der Waals surface area contributed by atoms with Crippen molar-refractivity contribution in [2.75, 3.05) is 57.2 Å². The SMILES string of the molecule is COc1ccc(CCCN(C)CC(=O)Nc2cccc(CN3CCSCC3)c2)cc1. The number of benzene rings is 2. The summed E-state index contributed by atoms with van der Waals surface area (Å²) in [4.78, 5) is 17.0. The van der Waals surface area contributed by atoms with Crippen LogP contribution in [0.15, 0.2) is 48.5 Å². The number of hydrogen-bond donors (Lipinski definition) is 1. The molecule has 1 fully saturated rings. The number of methoxy groups -OCH3 is 1. The van der Waals surface area contributed by atoms with Gasteiger partial charge in [0.15, 0.2) is 0 Å². The highest BCUT2D eigenvalue weighted by Crippen LogP contribution is 2.16. The van der Waals surface area contributed by atoms with Crippen LogP contribution in [-0.2, 0) is 17.8 Å². The lowest BCUT2D eigenvalue weighted by Gasteiger charge is -2.26. The van der Waals surface area contributed by atoms with Gasteiger partial charge in [-0.15, -0.1) is 0 Å². The van der Waals surface area contributed by atoms with Crippen LogP contribution in [-0.4, -0.2) is 67.5 Å². The number of ether oxygens (including phenoxy) is 1. The molecule has 0 saturated carbocycles. The molecule has 1 saturated heterocycles. The molecule has 6 heteroatoms. The molecule has 1 amide bonds. The number of hydrogen-bond acceptors (Lipinski definition) is 5. The fourth-order valence-electron chi connectivity index (χ4n) is 3.63. The maximum absolute atomic E-state index is 12.4. The van der Waals surface area contributed by atoms with Crippen LogP contribution in [0.25, 0.3) is 0 Å². The first-order valence-electron chi connectivity index (χ1n) is 10.6. The molecule has 0 unspecified atom stereocenters. The summed E-state index contributed by atoms with van der Waals surface area (Å²) in [5.41, 5.74) is 3.43. The van der Waals surface area contributed by atoms with Gasteiger partial charge in [-0.05, 0) is 61.8 Å². The Bertz CT molecular complexity index is 791. The summed E-state index contributed by atoms with van der Waals surface area (Å²) in [5.74, 6) is 3.34. The Hall–Kier alpha value is -2.02. The molecule has 2 aromatic carbocycles. The Balaban J connectivity index is 1.39. The zero-order valence-corrected chi connectivity index (χ0v) is 18.9. The van der Waals surface area contributed by atoms with E-state index in [2.05, 4.69) is 39.4 Å². The van der Waals surface area contributed by atoms with Gasteiger partial charge >= 0.3 is 0 Å². The molecule has 0 radical (unpaired) electrons. The second-order valence-electron chi connectivity index (χ2n) is 7.83.